The minimum absolute atomic E-state index is 0.124. The van der Waals surface area contributed by atoms with E-state index in [0.717, 1.165) is 0 Å². The van der Waals surface area contributed by atoms with Gasteiger partial charge < -0.3 is 5.11 Å². The minimum atomic E-state index is -0.833. The summed E-state index contributed by atoms with van der Waals surface area (Å²) in [4.78, 5) is 3.70. The molecule has 0 radical (unpaired) electrons. The van der Waals surface area contributed by atoms with Gasteiger partial charge in [-0.2, -0.15) is 5.26 Å². The summed E-state index contributed by atoms with van der Waals surface area (Å²) in [5.74, 6) is 0.124. The van der Waals surface area contributed by atoms with Crippen molar-refractivity contribution in [3.63, 3.8) is 0 Å². The molecule has 0 amide bonds. The summed E-state index contributed by atoms with van der Waals surface area (Å²) in [5, 5.41) is 21.6. The minimum Gasteiger partial charge on any atom is -0.389 e. The van der Waals surface area contributed by atoms with Crippen LogP contribution in [0, 0.1) is 11.3 Å². The molecule has 5 heteroatoms. The van der Waals surface area contributed by atoms with Crippen LogP contribution in [0.25, 0.3) is 0 Å². The summed E-state index contributed by atoms with van der Waals surface area (Å²) in [7, 11) is 0. The van der Waals surface area contributed by atoms with E-state index in [2.05, 4.69) is 10.1 Å². The van der Waals surface area contributed by atoms with Gasteiger partial charge in [0.2, 0.25) is 0 Å². The van der Waals surface area contributed by atoms with Crippen molar-refractivity contribution >= 4 is 0 Å². The number of aromatic nitrogens is 3. The Kier molecular flexibility index (Phi) is 2.11. The molecule has 0 aliphatic carbocycles. The van der Waals surface area contributed by atoms with Crippen molar-refractivity contribution in [1.82, 2.24) is 14.8 Å². The molecule has 1 aromatic heterocycles. The number of aliphatic hydroxyl groups is 1. The van der Waals surface area contributed by atoms with Gasteiger partial charge in [0.1, 0.15) is 12.4 Å². The Balaban J connectivity index is 2.72. The van der Waals surface area contributed by atoms with E-state index < -0.39 is 5.60 Å². The molecule has 12 heavy (non-hydrogen) atoms. The van der Waals surface area contributed by atoms with Crippen LogP contribution in [0.5, 0.6) is 0 Å². The number of hydrogen-bond donors (Lipinski definition) is 1. The lowest BCUT2D eigenvalue weighted by molar-refractivity contribution is 0.0576. The zero-order chi connectivity index (χ0) is 9.19. The van der Waals surface area contributed by atoms with E-state index in [1.165, 1.54) is 11.0 Å². The van der Waals surface area contributed by atoms with Crippen LogP contribution in [0.4, 0.5) is 0 Å². The van der Waals surface area contributed by atoms with E-state index in [4.69, 9.17) is 5.26 Å². The van der Waals surface area contributed by atoms with Crippen LogP contribution in [0.15, 0.2) is 6.33 Å². The fourth-order valence-corrected chi connectivity index (χ4v) is 0.818. The van der Waals surface area contributed by atoms with Crippen LogP contribution in [0.3, 0.4) is 0 Å². The van der Waals surface area contributed by atoms with Gasteiger partial charge in [0.25, 0.3) is 5.82 Å². The van der Waals surface area contributed by atoms with Crippen LogP contribution >= 0.6 is 0 Å². The monoisotopic (exact) mass is 166 g/mol. The third-order valence-electron chi connectivity index (χ3n) is 1.19. The molecule has 1 rings (SSSR count). The van der Waals surface area contributed by atoms with E-state index in [-0.39, 0.29) is 5.82 Å². The predicted octanol–water partition coefficient (Wildman–Crippen LogP) is -0.0793. The molecule has 64 valence electrons. The Morgan fingerprint density at radius 1 is 1.75 bits per heavy atom. The third kappa shape index (κ3) is 2.32. The number of hydrogen-bond acceptors (Lipinski definition) is 4. The van der Waals surface area contributed by atoms with Gasteiger partial charge in [-0.1, -0.05) is 0 Å². The molecule has 0 fully saturated rings. The second-order valence-electron chi connectivity index (χ2n) is 3.19. The highest BCUT2D eigenvalue weighted by atomic mass is 16.3. The quantitative estimate of drug-likeness (QED) is 0.666. The molecule has 0 unspecified atom stereocenters. The van der Waals surface area contributed by atoms with Gasteiger partial charge in [-0.25, -0.2) is 9.67 Å². The molecule has 5 nitrogen and oxygen atoms in total. The smallest absolute Gasteiger partial charge is 0.252 e. The summed E-state index contributed by atoms with van der Waals surface area (Å²) < 4.78 is 1.44. The van der Waals surface area contributed by atoms with Crippen LogP contribution in [-0.2, 0) is 6.54 Å². The standard InChI is InChI=1S/C7H10N4O/c1-7(2,12)4-11-5-9-6(3-8)10-11/h5,12H,4H2,1-2H3. The average molecular weight is 166 g/mol. The number of nitrogens with zero attached hydrogens (tertiary/aromatic N) is 4. The zero-order valence-electron chi connectivity index (χ0n) is 7.02. The van der Waals surface area contributed by atoms with Crippen LogP contribution in [-0.4, -0.2) is 25.5 Å². The van der Waals surface area contributed by atoms with Gasteiger partial charge in [-0.15, -0.1) is 5.10 Å². The molecule has 1 aromatic rings. The first-order valence-electron chi connectivity index (χ1n) is 3.53. The van der Waals surface area contributed by atoms with Gasteiger partial charge >= 0.3 is 0 Å². The maximum absolute atomic E-state index is 9.38. The van der Waals surface area contributed by atoms with E-state index >= 15 is 0 Å². The van der Waals surface area contributed by atoms with Crippen molar-refractivity contribution in [3.8, 4) is 6.07 Å². The summed E-state index contributed by atoms with van der Waals surface area (Å²) in [6, 6.07) is 1.81. The highest BCUT2D eigenvalue weighted by Crippen LogP contribution is 2.03. The molecular weight excluding hydrogens is 156 g/mol. The van der Waals surface area contributed by atoms with Crippen molar-refractivity contribution in [2.24, 2.45) is 0 Å². The third-order valence-corrected chi connectivity index (χ3v) is 1.19. The molecule has 0 aliphatic heterocycles. The van der Waals surface area contributed by atoms with Gasteiger partial charge in [-0.3, -0.25) is 0 Å². The molecule has 0 saturated carbocycles. The maximum Gasteiger partial charge on any atom is 0.252 e. The van der Waals surface area contributed by atoms with Crippen LogP contribution < -0.4 is 0 Å². The van der Waals surface area contributed by atoms with E-state index in [9.17, 15) is 5.11 Å². The molecule has 0 atom stereocenters. The molecule has 1 N–H and O–H groups in total. The van der Waals surface area contributed by atoms with Crippen molar-refractivity contribution in [3.05, 3.63) is 12.2 Å². The first-order chi connectivity index (χ1) is 5.51. The summed E-state index contributed by atoms with van der Waals surface area (Å²) >= 11 is 0. The Hall–Kier alpha value is -1.41. The SMILES string of the molecule is CC(C)(O)Cn1cnc(C#N)n1. The van der Waals surface area contributed by atoms with Crippen molar-refractivity contribution in [1.29, 1.82) is 5.26 Å². The zero-order valence-corrected chi connectivity index (χ0v) is 7.02. The Labute approximate surface area is 70.3 Å². The van der Waals surface area contributed by atoms with Gasteiger partial charge in [0.15, 0.2) is 0 Å². The molecule has 1 heterocycles. The van der Waals surface area contributed by atoms with E-state index in [1.54, 1.807) is 13.8 Å². The predicted molar refractivity (Wildman–Crippen MR) is 41.0 cm³/mol. The molecule has 0 spiro atoms. The van der Waals surface area contributed by atoms with Crippen LogP contribution in [0.2, 0.25) is 0 Å². The molecule has 0 saturated heterocycles. The Morgan fingerprint density at radius 2 is 2.42 bits per heavy atom. The van der Waals surface area contributed by atoms with Crippen molar-refractivity contribution in [2.45, 2.75) is 26.0 Å². The highest BCUT2D eigenvalue weighted by Gasteiger charge is 2.14. The Bertz CT molecular complexity index is 304. The topological polar surface area (TPSA) is 74.7 Å². The molecule has 0 aliphatic rings. The molecule has 0 bridgehead atoms. The van der Waals surface area contributed by atoms with Crippen LogP contribution in [0.1, 0.15) is 19.7 Å². The lowest BCUT2D eigenvalue weighted by atomic mass is 10.1. The van der Waals surface area contributed by atoms with E-state index in [1.807, 2.05) is 6.07 Å². The lowest BCUT2D eigenvalue weighted by Crippen LogP contribution is -2.26. The summed E-state index contributed by atoms with van der Waals surface area (Å²) in [5.41, 5.74) is -0.833. The molecular formula is C7H10N4O. The fourth-order valence-electron chi connectivity index (χ4n) is 0.818. The second-order valence-corrected chi connectivity index (χ2v) is 3.19. The maximum atomic E-state index is 9.38. The summed E-state index contributed by atoms with van der Waals surface area (Å²) in [6.07, 6.45) is 1.43. The van der Waals surface area contributed by atoms with Gasteiger partial charge in [-0.05, 0) is 13.8 Å². The normalized spacial score (nSPS) is 11.2. The largest absolute Gasteiger partial charge is 0.389 e. The van der Waals surface area contributed by atoms with Crippen molar-refractivity contribution in [2.75, 3.05) is 0 Å². The Morgan fingerprint density at radius 3 is 2.83 bits per heavy atom. The van der Waals surface area contributed by atoms with Crippen molar-refractivity contribution < 1.29 is 5.11 Å². The van der Waals surface area contributed by atoms with Gasteiger partial charge in [0, 0.05) is 0 Å². The average Bonchev–Trinajstić information content (AvgIpc) is 2.32. The highest BCUT2D eigenvalue weighted by molar-refractivity contribution is 5.05. The second kappa shape index (κ2) is 2.91. The first kappa shape index (κ1) is 8.68. The first-order valence-corrected chi connectivity index (χ1v) is 3.53. The molecule has 0 aromatic carbocycles. The van der Waals surface area contributed by atoms with E-state index in [0.29, 0.717) is 6.54 Å². The summed E-state index contributed by atoms with van der Waals surface area (Å²) in [6.45, 7) is 3.67. The fraction of sp³-hybridized carbons (Fsp3) is 0.571. The lowest BCUT2D eigenvalue weighted by Gasteiger charge is -2.15. The number of nitriles is 1. The number of rotatable bonds is 2. The van der Waals surface area contributed by atoms with Gasteiger partial charge in [0.05, 0.1) is 12.1 Å².